The first-order valence-corrected chi connectivity index (χ1v) is 15.7. The van der Waals surface area contributed by atoms with Crippen molar-refractivity contribution in [2.24, 2.45) is 0 Å². The van der Waals surface area contributed by atoms with Gasteiger partial charge in [0, 0.05) is 26.9 Å². The summed E-state index contributed by atoms with van der Waals surface area (Å²) < 4.78 is 18.5. The van der Waals surface area contributed by atoms with E-state index in [1.807, 2.05) is 109 Å². The van der Waals surface area contributed by atoms with E-state index in [0.29, 0.717) is 0 Å². The van der Waals surface area contributed by atoms with E-state index in [9.17, 15) is 0 Å². The van der Waals surface area contributed by atoms with Crippen molar-refractivity contribution >= 4 is 71.5 Å². The molecule has 0 N–H and O–H groups in total. The smallest absolute Gasteiger partial charge is 0.195 e. The van der Waals surface area contributed by atoms with Crippen molar-refractivity contribution in [2.45, 2.75) is 0 Å². The first-order chi connectivity index (χ1) is 19.7. The summed E-state index contributed by atoms with van der Waals surface area (Å²) in [6, 6.07) is 44.3. The number of imidazole rings is 1. The van der Waals surface area contributed by atoms with Gasteiger partial charge in [-0.1, -0.05) is 127 Å². The maximum Gasteiger partial charge on any atom is 0.195 e. The molecular formula is C34H22N3OPS. The summed E-state index contributed by atoms with van der Waals surface area (Å²) >= 11 is 1.59. The number of thiazole rings is 1. The molecule has 4 nitrogen and oxygen atoms in total. The van der Waals surface area contributed by atoms with Gasteiger partial charge in [0.1, 0.15) is 11.0 Å². The van der Waals surface area contributed by atoms with Gasteiger partial charge in [-0.3, -0.25) is 4.40 Å². The van der Waals surface area contributed by atoms with Gasteiger partial charge in [0.15, 0.2) is 12.1 Å². The van der Waals surface area contributed by atoms with E-state index in [1.165, 1.54) is 0 Å². The van der Waals surface area contributed by atoms with Gasteiger partial charge in [-0.2, -0.15) is 0 Å². The maximum atomic E-state index is 15.3. The van der Waals surface area contributed by atoms with Crippen LogP contribution in [0.1, 0.15) is 0 Å². The molecule has 40 heavy (non-hydrogen) atoms. The number of hydrogen-bond donors (Lipinski definition) is 0. The quantitative estimate of drug-likeness (QED) is 0.212. The molecule has 0 unspecified atom stereocenters. The fraction of sp³-hybridized carbons (Fsp3) is 0. The van der Waals surface area contributed by atoms with Crippen LogP contribution in [0.2, 0.25) is 0 Å². The highest BCUT2D eigenvalue weighted by Gasteiger charge is 2.33. The zero-order chi connectivity index (χ0) is 26.7. The summed E-state index contributed by atoms with van der Waals surface area (Å²) in [4.78, 5) is 11.2. The first kappa shape index (κ1) is 23.3. The summed E-state index contributed by atoms with van der Waals surface area (Å²) in [5, 5.41) is 3.50. The van der Waals surface area contributed by atoms with Crippen LogP contribution in [0.4, 0.5) is 0 Å². The lowest BCUT2D eigenvalue weighted by Crippen LogP contribution is -2.25. The third-order valence-electron chi connectivity index (χ3n) is 7.50. The Labute approximate surface area is 234 Å². The van der Waals surface area contributed by atoms with E-state index in [-0.39, 0.29) is 0 Å². The molecule has 0 atom stereocenters. The highest BCUT2D eigenvalue weighted by Crippen LogP contribution is 2.46. The number of rotatable bonds is 4. The van der Waals surface area contributed by atoms with E-state index in [1.54, 1.807) is 11.3 Å². The van der Waals surface area contributed by atoms with Crippen LogP contribution in [0.5, 0.6) is 0 Å². The van der Waals surface area contributed by atoms with Crippen LogP contribution in [0, 0.1) is 0 Å². The van der Waals surface area contributed by atoms with Crippen LogP contribution in [0.15, 0.2) is 133 Å². The molecule has 0 spiro atoms. The van der Waals surface area contributed by atoms with Gasteiger partial charge in [0.25, 0.3) is 0 Å². The summed E-state index contributed by atoms with van der Waals surface area (Å²) in [5.41, 5.74) is 5.73. The number of benzene rings is 5. The molecule has 0 amide bonds. The molecule has 0 saturated carbocycles. The molecule has 0 aliphatic carbocycles. The predicted octanol–water partition coefficient (Wildman–Crippen LogP) is 7.56. The molecule has 8 aromatic rings. The monoisotopic (exact) mass is 551 g/mol. The Hall–Kier alpha value is -4.57. The Morgan fingerprint density at radius 1 is 0.625 bits per heavy atom. The second kappa shape index (κ2) is 8.99. The average molecular weight is 552 g/mol. The number of nitrogens with zero attached hydrogens (tertiary/aromatic N) is 3. The number of hydrogen-bond acceptors (Lipinski definition) is 4. The van der Waals surface area contributed by atoms with Gasteiger partial charge in [0.05, 0.1) is 21.4 Å². The minimum atomic E-state index is -3.17. The molecule has 6 heteroatoms. The summed E-state index contributed by atoms with van der Waals surface area (Å²) in [5.74, 6) is 0. The van der Waals surface area contributed by atoms with Crippen LogP contribution in [0.25, 0.3) is 48.4 Å². The molecule has 190 valence electrons. The van der Waals surface area contributed by atoms with E-state index in [4.69, 9.17) is 9.97 Å². The Balaban J connectivity index is 1.51. The number of fused-ring (bicyclic) bond motifs is 7. The van der Waals surface area contributed by atoms with Crippen LogP contribution in [0.3, 0.4) is 0 Å². The summed E-state index contributed by atoms with van der Waals surface area (Å²) in [7, 11) is -3.17. The second-order valence-corrected chi connectivity index (χ2v) is 13.5. The zero-order valence-corrected chi connectivity index (χ0v) is 23.0. The molecule has 8 rings (SSSR count). The third kappa shape index (κ3) is 3.35. The highest BCUT2D eigenvalue weighted by molar-refractivity contribution is 7.86. The molecule has 0 saturated heterocycles. The third-order valence-corrected chi connectivity index (χ3v) is 11.8. The van der Waals surface area contributed by atoms with Crippen molar-refractivity contribution in [3.05, 3.63) is 133 Å². The molecule has 3 aromatic heterocycles. The van der Waals surface area contributed by atoms with Crippen LogP contribution in [-0.2, 0) is 4.57 Å². The largest absolute Gasteiger partial charge is 0.309 e. The maximum absolute atomic E-state index is 15.3. The molecule has 0 aliphatic heterocycles. The summed E-state index contributed by atoms with van der Waals surface area (Å²) in [6.45, 7) is 0. The fourth-order valence-electron chi connectivity index (χ4n) is 5.68. The first-order valence-electron chi connectivity index (χ1n) is 13.1. The molecule has 3 heterocycles. The van der Waals surface area contributed by atoms with Crippen LogP contribution in [-0.4, -0.2) is 14.4 Å². The number of pyridine rings is 1. The second-order valence-electron chi connectivity index (χ2n) is 9.78. The molecule has 0 bridgehead atoms. The SMILES string of the molecule is O=P(c1ccccc1)(c1ccccc1)c1cccc2c1sc1nc3c4ccccc4nc(-c4ccccc4)c3n12. The highest BCUT2D eigenvalue weighted by atomic mass is 32.1. The topological polar surface area (TPSA) is 47.3 Å². The van der Waals surface area contributed by atoms with Gasteiger partial charge in [-0.15, -0.1) is 0 Å². The zero-order valence-electron chi connectivity index (χ0n) is 21.3. The minimum Gasteiger partial charge on any atom is -0.309 e. The van der Waals surface area contributed by atoms with Gasteiger partial charge in [-0.25, -0.2) is 9.97 Å². The predicted molar refractivity (Wildman–Crippen MR) is 168 cm³/mol. The number of aromatic nitrogens is 3. The van der Waals surface area contributed by atoms with Gasteiger partial charge in [-0.05, 0) is 18.2 Å². The molecular weight excluding hydrogens is 529 g/mol. The molecule has 0 fully saturated rings. The van der Waals surface area contributed by atoms with Crippen molar-refractivity contribution < 1.29 is 4.57 Å². The van der Waals surface area contributed by atoms with Crippen molar-refractivity contribution in [1.29, 1.82) is 0 Å². The Morgan fingerprint density at radius 2 is 1.25 bits per heavy atom. The molecule has 0 aliphatic rings. The van der Waals surface area contributed by atoms with E-state index < -0.39 is 7.14 Å². The van der Waals surface area contributed by atoms with Crippen LogP contribution >= 0.6 is 18.5 Å². The fourth-order valence-corrected chi connectivity index (χ4v) is 9.97. The minimum absolute atomic E-state index is 0.822. The Bertz CT molecular complexity index is 2200. The van der Waals surface area contributed by atoms with E-state index in [0.717, 1.165) is 64.3 Å². The van der Waals surface area contributed by atoms with E-state index in [2.05, 4.69) is 28.7 Å². The van der Waals surface area contributed by atoms with Gasteiger partial charge in [0.2, 0.25) is 0 Å². The Morgan fingerprint density at radius 3 is 1.95 bits per heavy atom. The van der Waals surface area contributed by atoms with Crippen molar-refractivity contribution in [2.75, 3.05) is 0 Å². The standard InChI is InChI=1S/C34H22N3OPS/c38-39(24-15-6-2-7-16-24,25-17-8-3-9-18-25)29-22-12-21-28-33(29)40-34-36-31-26-19-10-11-20-27(26)35-30(32(31)37(28)34)23-13-4-1-5-14-23/h1-22H. The number of para-hydroxylation sites is 1. The molecule has 0 radical (unpaired) electrons. The normalized spacial score (nSPS) is 12.1. The van der Waals surface area contributed by atoms with Gasteiger partial charge >= 0.3 is 0 Å². The average Bonchev–Trinajstić information content (AvgIpc) is 3.58. The van der Waals surface area contributed by atoms with Gasteiger partial charge < -0.3 is 4.57 Å². The molecule has 5 aromatic carbocycles. The lowest BCUT2D eigenvalue weighted by Gasteiger charge is -2.20. The summed E-state index contributed by atoms with van der Waals surface area (Å²) in [6.07, 6.45) is 0. The van der Waals surface area contributed by atoms with Crippen LogP contribution < -0.4 is 15.9 Å². The lowest BCUT2D eigenvalue weighted by molar-refractivity contribution is 0.592. The van der Waals surface area contributed by atoms with Crippen molar-refractivity contribution in [3.63, 3.8) is 0 Å². The van der Waals surface area contributed by atoms with E-state index >= 15 is 4.57 Å². The Kier molecular flexibility index (Phi) is 5.24. The van der Waals surface area contributed by atoms with Crippen molar-refractivity contribution in [3.8, 4) is 11.3 Å². The van der Waals surface area contributed by atoms with Crippen molar-refractivity contribution in [1.82, 2.24) is 14.4 Å². The lowest BCUT2D eigenvalue weighted by atomic mass is 10.1.